The number of alkyl carbamates (subject to hydrolysis) is 1. The van der Waals surface area contributed by atoms with Gasteiger partial charge in [0.1, 0.15) is 11.1 Å². The van der Waals surface area contributed by atoms with Crippen LogP contribution in [0.15, 0.2) is 0 Å². The van der Waals surface area contributed by atoms with Gasteiger partial charge in [0.05, 0.1) is 6.61 Å². The molecule has 2 amide bonds. The van der Waals surface area contributed by atoms with E-state index in [1.165, 1.54) is 0 Å². The van der Waals surface area contributed by atoms with Crippen molar-refractivity contribution in [1.29, 1.82) is 0 Å². The molecule has 1 aliphatic rings. The first-order chi connectivity index (χ1) is 9.10. The fourth-order valence-corrected chi connectivity index (χ4v) is 2.02. The second-order valence-electron chi connectivity index (χ2n) is 5.89. The van der Waals surface area contributed by atoms with Crippen molar-refractivity contribution in [2.75, 3.05) is 6.61 Å². The second-order valence-corrected chi connectivity index (χ2v) is 5.89. The lowest BCUT2D eigenvalue weighted by Gasteiger charge is -2.23. The van der Waals surface area contributed by atoms with Crippen LogP contribution in [0, 0.1) is 5.92 Å². The molecule has 0 aromatic carbocycles. The van der Waals surface area contributed by atoms with E-state index < -0.39 is 29.1 Å². The molecular formula is C13H22N2O5. The molecule has 7 nitrogen and oxygen atoms in total. The Kier molecular flexibility index (Phi) is 4.62. The molecule has 0 aromatic heterocycles. The van der Waals surface area contributed by atoms with Crippen LogP contribution in [0.4, 0.5) is 4.79 Å². The van der Waals surface area contributed by atoms with Crippen LogP contribution in [0.2, 0.25) is 0 Å². The van der Waals surface area contributed by atoms with Gasteiger partial charge in [-0.2, -0.15) is 0 Å². The van der Waals surface area contributed by atoms with Crippen LogP contribution in [-0.4, -0.2) is 35.7 Å². The zero-order chi connectivity index (χ0) is 15.6. The van der Waals surface area contributed by atoms with Crippen molar-refractivity contribution in [2.24, 2.45) is 11.7 Å². The SMILES string of the molecule is CCOC(=O)[C@@]1(NC(=O)OC(C)(C)C)C[C@H]1CC(N)=O. The maximum Gasteiger partial charge on any atom is 0.408 e. The number of amides is 2. The van der Waals surface area contributed by atoms with Crippen LogP contribution < -0.4 is 11.1 Å². The fourth-order valence-electron chi connectivity index (χ4n) is 2.02. The summed E-state index contributed by atoms with van der Waals surface area (Å²) in [5.74, 6) is -1.42. The number of hydrogen-bond acceptors (Lipinski definition) is 5. The fraction of sp³-hybridized carbons (Fsp3) is 0.769. The Hall–Kier alpha value is -1.79. The van der Waals surface area contributed by atoms with Gasteiger partial charge >= 0.3 is 12.1 Å². The highest BCUT2D eigenvalue weighted by Crippen LogP contribution is 2.47. The molecule has 0 saturated heterocycles. The summed E-state index contributed by atoms with van der Waals surface area (Å²) in [6, 6.07) is 0. The lowest BCUT2D eigenvalue weighted by atomic mass is 10.1. The number of rotatable bonds is 5. The Balaban J connectivity index is 2.74. The molecule has 0 unspecified atom stereocenters. The Bertz CT molecular complexity index is 415. The van der Waals surface area contributed by atoms with Gasteiger partial charge in [-0.25, -0.2) is 9.59 Å². The van der Waals surface area contributed by atoms with E-state index >= 15 is 0 Å². The van der Waals surface area contributed by atoms with Crippen LogP contribution in [0.25, 0.3) is 0 Å². The minimum absolute atomic E-state index is 0.0224. The predicted molar refractivity (Wildman–Crippen MR) is 70.7 cm³/mol. The monoisotopic (exact) mass is 286 g/mol. The summed E-state index contributed by atoms with van der Waals surface area (Å²) in [6.45, 7) is 7.02. The molecule has 1 fully saturated rings. The number of hydrogen-bond donors (Lipinski definition) is 2. The molecule has 2 atom stereocenters. The van der Waals surface area contributed by atoms with Crippen molar-refractivity contribution < 1.29 is 23.9 Å². The minimum Gasteiger partial charge on any atom is -0.464 e. The number of primary amides is 1. The van der Waals surface area contributed by atoms with Crippen molar-refractivity contribution in [3.8, 4) is 0 Å². The first-order valence-corrected chi connectivity index (χ1v) is 6.57. The van der Waals surface area contributed by atoms with Gasteiger partial charge in [-0.15, -0.1) is 0 Å². The van der Waals surface area contributed by atoms with Gasteiger partial charge in [0.2, 0.25) is 5.91 Å². The Morgan fingerprint density at radius 3 is 2.40 bits per heavy atom. The number of esters is 1. The summed E-state index contributed by atoms with van der Waals surface area (Å²) in [4.78, 5) is 34.7. The van der Waals surface area contributed by atoms with Gasteiger partial charge in [0.25, 0.3) is 0 Å². The normalized spacial score (nSPS) is 24.7. The first-order valence-electron chi connectivity index (χ1n) is 6.57. The molecule has 1 aliphatic carbocycles. The van der Waals surface area contributed by atoms with E-state index in [0.717, 1.165) is 0 Å². The van der Waals surface area contributed by atoms with E-state index in [0.29, 0.717) is 6.42 Å². The first kappa shape index (κ1) is 16.3. The van der Waals surface area contributed by atoms with E-state index in [1.807, 2.05) is 0 Å². The molecule has 7 heteroatoms. The third kappa shape index (κ3) is 4.11. The summed E-state index contributed by atoms with van der Waals surface area (Å²) in [5, 5.41) is 2.52. The lowest BCUT2D eigenvalue weighted by molar-refractivity contribution is -0.147. The smallest absolute Gasteiger partial charge is 0.408 e. The highest BCUT2D eigenvalue weighted by Gasteiger charge is 2.63. The molecule has 0 aromatic rings. The van der Waals surface area contributed by atoms with Crippen molar-refractivity contribution in [3.05, 3.63) is 0 Å². The highest BCUT2D eigenvalue weighted by atomic mass is 16.6. The Labute approximate surface area is 118 Å². The van der Waals surface area contributed by atoms with Crippen LogP contribution >= 0.6 is 0 Å². The zero-order valence-corrected chi connectivity index (χ0v) is 12.3. The molecule has 0 spiro atoms. The van der Waals surface area contributed by atoms with Crippen molar-refractivity contribution >= 4 is 18.0 Å². The van der Waals surface area contributed by atoms with Crippen molar-refractivity contribution in [2.45, 2.75) is 51.7 Å². The van der Waals surface area contributed by atoms with Crippen LogP contribution in [0.3, 0.4) is 0 Å². The van der Waals surface area contributed by atoms with Gasteiger partial charge in [0, 0.05) is 12.3 Å². The predicted octanol–water partition coefficient (Wildman–Crippen LogP) is 0.708. The quantitative estimate of drug-likeness (QED) is 0.724. The van der Waals surface area contributed by atoms with Crippen molar-refractivity contribution in [1.82, 2.24) is 5.32 Å². The van der Waals surface area contributed by atoms with E-state index in [9.17, 15) is 14.4 Å². The number of nitrogens with two attached hydrogens (primary N) is 1. The summed E-state index contributed by atoms with van der Waals surface area (Å²) >= 11 is 0. The molecular weight excluding hydrogens is 264 g/mol. The van der Waals surface area contributed by atoms with Gasteiger partial charge in [-0.3, -0.25) is 4.79 Å². The number of nitrogens with one attached hydrogen (secondary N) is 1. The van der Waals surface area contributed by atoms with Crippen molar-refractivity contribution in [3.63, 3.8) is 0 Å². The minimum atomic E-state index is -1.19. The van der Waals surface area contributed by atoms with Gasteiger partial charge in [-0.05, 0) is 34.1 Å². The molecule has 20 heavy (non-hydrogen) atoms. The number of carbonyl (C=O) groups excluding carboxylic acids is 3. The number of ether oxygens (including phenoxy) is 2. The second kappa shape index (κ2) is 5.68. The summed E-state index contributed by atoms with van der Waals surface area (Å²) < 4.78 is 10.1. The molecule has 0 heterocycles. The van der Waals surface area contributed by atoms with Crippen LogP contribution in [-0.2, 0) is 19.1 Å². The van der Waals surface area contributed by atoms with E-state index in [2.05, 4.69) is 5.32 Å². The van der Waals surface area contributed by atoms with Gasteiger partial charge in [0.15, 0.2) is 0 Å². The summed E-state index contributed by atoms with van der Waals surface area (Å²) in [7, 11) is 0. The van der Waals surface area contributed by atoms with Gasteiger partial charge < -0.3 is 20.5 Å². The van der Waals surface area contributed by atoms with E-state index in [-0.39, 0.29) is 18.9 Å². The average molecular weight is 286 g/mol. The van der Waals surface area contributed by atoms with Crippen LogP contribution in [0.1, 0.15) is 40.5 Å². The zero-order valence-electron chi connectivity index (χ0n) is 12.3. The highest BCUT2D eigenvalue weighted by molar-refractivity contribution is 5.91. The number of carbonyl (C=O) groups is 3. The summed E-state index contributed by atoms with van der Waals surface area (Å²) in [6.07, 6.45) is -0.361. The van der Waals surface area contributed by atoms with E-state index in [4.69, 9.17) is 15.2 Å². The molecule has 0 aliphatic heterocycles. The maximum atomic E-state index is 12.0. The van der Waals surface area contributed by atoms with Crippen LogP contribution in [0.5, 0.6) is 0 Å². The third-order valence-electron chi connectivity index (χ3n) is 2.92. The Morgan fingerprint density at radius 2 is 1.95 bits per heavy atom. The maximum absolute atomic E-state index is 12.0. The molecule has 3 N–H and O–H groups in total. The molecule has 1 saturated carbocycles. The molecule has 1 rings (SSSR count). The summed E-state index contributed by atoms with van der Waals surface area (Å²) in [5.41, 5.74) is 3.27. The molecule has 0 bridgehead atoms. The van der Waals surface area contributed by atoms with Gasteiger partial charge in [-0.1, -0.05) is 0 Å². The Morgan fingerprint density at radius 1 is 1.35 bits per heavy atom. The van der Waals surface area contributed by atoms with E-state index in [1.54, 1.807) is 27.7 Å². The largest absolute Gasteiger partial charge is 0.464 e. The average Bonchev–Trinajstić information content (AvgIpc) is 2.88. The standard InChI is InChI=1S/C13H22N2O5/c1-5-19-10(17)13(7-8(13)6-9(14)16)15-11(18)20-12(2,3)4/h8H,5-7H2,1-4H3,(H2,14,16)(H,15,18)/t8-,13-/m1/s1. The third-order valence-corrected chi connectivity index (χ3v) is 2.92. The molecule has 114 valence electrons. The lowest BCUT2D eigenvalue weighted by Crippen LogP contribution is -2.48. The molecule has 0 radical (unpaired) electrons. The topological polar surface area (TPSA) is 108 Å².